The van der Waals surface area contributed by atoms with Gasteiger partial charge in [0.2, 0.25) is 0 Å². The lowest BCUT2D eigenvalue weighted by Crippen LogP contribution is -2.38. The Labute approximate surface area is 222 Å². The second kappa shape index (κ2) is 8.83. The van der Waals surface area contributed by atoms with Crippen LogP contribution in [0.5, 0.6) is 5.75 Å². The standard InChI is InChI=1S/C14H15BClNO2.C14H14BNO2/c1-15(19)17-8-10(7-16)13-12(17)6-9-4-2-3-5-11(9)14(13)18;1-15(18)16-8-10-7-14(10)12(16)6-9-4-2-3-5-11(9)13(14)17/h2-6,10,18-19H,7-8H2,1H3;2-6,10,18H,7-8H2,1H3. The first-order valence-electron chi connectivity index (χ1n) is 12.8. The highest BCUT2D eigenvalue weighted by Crippen LogP contribution is 2.67. The van der Waals surface area contributed by atoms with Crippen molar-refractivity contribution in [2.24, 2.45) is 11.3 Å². The fourth-order valence-corrected chi connectivity index (χ4v) is 6.76. The number of alkyl halides is 1. The second-order valence-corrected chi connectivity index (χ2v) is 10.9. The van der Waals surface area contributed by atoms with Crippen LogP contribution >= 0.6 is 11.6 Å². The van der Waals surface area contributed by atoms with Crippen LogP contribution in [0.1, 0.15) is 33.8 Å². The minimum Gasteiger partial charge on any atom is -0.507 e. The number of carbonyl (C=O) groups excluding carboxylic acids is 1. The van der Waals surface area contributed by atoms with Crippen LogP contribution in [0.4, 0.5) is 5.69 Å². The summed E-state index contributed by atoms with van der Waals surface area (Å²) >= 11 is 6.01. The van der Waals surface area contributed by atoms with Gasteiger partial charge in [-0.3, -0.25) is 4.79 Å². The predicted octanol–water partition coefficient (Wildman–Crippen LogP) is 4.45. The van der Waals surface area contributed by atoms with E-state index in [9.17, 15) is 19.9 Å². The van der Waals surface area contributed by atoms with Gasteiger partial charge in [0.25, 0.3) is 0 Å². The summed E-state index contributed by atoms with van der Waals surface area (Å²) in [6, 6.07) is 17.5. The lowest BCUT2D eigenvalue weighted by Gasteiger charge is -2.30. The third-order valence-electron chi connectivity index (χ3n) is 8.45. The average Bonchev–Trinajstić information content (AvgIpc) is 3.32. The number of phenols is 1. The third-order valence-corrected chi connectivity index (χ3v) is 8.83. The van der Waals surface area contributed by atoms with Crippen molar-refractivity contribution >= 4 is 54.0 Å². The van der Waals surface area contributed by atoms with Crippen LogP contribution in [-0.4, -0.2) is 58.8 Å². The van der Waals surface area contributed by atoms with E-state index in [-0.39, 0.29) is 17.1 Å². The van der Waals surface area contributed by atoms with Gasteiger partial charge in [0, 0.05) is 52.8 Å². The van der Waals surface area contributed by atoms with Crippen molar-refractivity contribution in [3.8, 4) is 5.75 Å². The number of ketones is 1. The molecule has 2 heterocycles. The van der Waals surface area contributed by atoms with E-state index >= 15 is 0 Å². The molecule has 0 radical (unpaired) electrons. The smallest absolute Gasteiger partial charge is 0.409 e. The van der Waals surface area contributed by atoms with E-state index in [1.165, 1.54) is 0 Å². The Hall–Kier alpha value is -2.93. The molecule has 2 aliphatic heterocycles. The maximum Gasteiger partial charge on any atom is 0.409 e. The van der Waals surface area contributed by atoms with E-state index in [4.69, 9.17) is 11.6 Å². The van der Waals surface area contributed by atoms with E-state index in [2.05, 4.69) is 6.08 Å². The molecule has 7 rings (SSSR count). The summed E-state index contributed by atoms with van der Waals surface area (Å²) in [5.41, 5.74) is 4.31. The fourth-order valence-electron chi connectivity index (χ4n) is 6.51. The average molecular weight is 515 g/mol. The number of nitrogens with zero attached hydrogens (tertiary/aromatic N) is 2. The van der Waals surface area contributed by atoms with Crippen LogP contribution in [0.15, 0.2) is 60.3 Å². The normalized spacial score (nSPS) is 24.5. The number of phenolic OH excluding ortho intramolecular Hbond substituents is 1. The number of rotatable bonds is 3. The van der Waals surface area contributed by atoms with Gasteiger partial charge in [-0.1, -0.05) is 48.5 Å². The molecule has 6 nitrogen and oxygen atoms in total. The fraction of sp³-hybridized carbons (Fsp3) is 0.321. The zero-order chi connectivity index (χ0) is 26.1. The topological polar surface area (TPSA) is 84.2 Å². The molecule has 1 saturated heterocycles. The highest BCUT2D eigenvalue weighted by molar-refractivity contribution is 6.54. The quantitative estimate of drug-likeness (QED) is 0.354. The zero-order valence-electron chi connectivity index (χ0n) is 20.9. The highest BCUT2D eigenvalue weighted by atomic mass is 35.5. The number of piperidine rings is 1. The van der Waals surface area contributed by atoms with Gasteiger partial charge in [-0.15, -0.1) is 11.6 Å². The third kappa shape index (κ3) is 3.61. The first-order chi connectivity index (χ1) is 17.8. The molecular weight excluding hydrogens is 485 g/mol. The largest absolute Gasteiger partial charge is 0.507 e. The van der Waals surface area contributed by atoms with Gasteiger partial charge in [0.15, 0.2) is 5.78 Å². The van der Waals surface area contributed by atoms with Crippen molar-refractivity contribution in [1.29, 1.82) is 0 Å². The van der Waals surface area contributed by atoms with Crippen molar-refractivity contribution in [2.75, 3.05) is 23.8 Å². The van der Waals surface area contributed by atoms with E-state index in [0.717, 1.165) is 51.8 Å². The molecule has 9 heteroatoms. The lowest BCUT2D eigenvalue weighted by molar-refractivity contribution is 0.0915. The highest BCUT2D eigenvalue weighted by Gasteiger charge is 2.69. The number of fused-ring (bicyclic) bond motifs is 3. The minimum atomic E-state index is -0.590. The molecule has 0 amide bonds. The first-order valence-corrected chi connectivity index (χ1v) is 13.4. The molecule has 3 N–H and O–H groups in total. The van der Waals surface area contributed by atoms with Gasteiger partial charge in [0.05, 0.1) is 5.41 Å². The molecule has 37 heavy (non-hydrogen) atoms. The molecular formula is C28H29B2ClN2O4. The number of benzene rings is 3. The molecule has 2 aliphatic carbocycles. The molecule has 3 atom stereocenters. The van der Waals surface area contributed by atoms with Gasteiger partial charge in [-0.05, 0) is 49.1 Å². The Morgan fingerprint density at radius 1 is 1.03 bits per heavy atom. The second-order valence-electron chi connectivity index (χ2n) is 10.6. The number of halogens is 1. The number of Topliss-reactive ketones (excluding diaryl/α,β-unsaturated/α-hetero) is 1. The minimum absolute atomic E-state index is 0.0517. The molecule has 2 fully saturated rings. The Balaban J connectivity index is 0.000000136. The van der Waals surface area contributed by atoms with Gasteiger partial charge in [-0.2, -0.15) is 0 Å². The molecule has 4 aliphatic rings. The molecule has 1 saturated carbocycles. The number of hydrogen-bond donors (Lipinski definition) is 3. The summed E-state index contributed by atoms with van der Waals surface area (Å²) in [5, 5.41) is 32.0. The number of carbonyl (C=O) groups is 1. The van der Waals surface area contributed by atoms with Crippen LogP contribution in [0.3, 0.4) is 0 Å². The summed E-state index contributed by atoms with van der Waals surface area (Å²) in [6.07, 6.45) is 3.05. The van der Waals surface area contributed by atoms with E-state index in [1.807, 2.05) is 64.2 Å². The Kier molecular flexibility index (Phi) is 5.82. The van der Waals surface area contributed by atoms with Crippen LogP contribution in [0.25, 0.3) is 16.8 Å². The van der Waals surface area contributed by atoms with Crippen LogP contribution in [-0.2, 0) is 0 Å². The molecule has 3 aromatic carbocycles. The monoisotopic (exact) mass is 514 g/mol. The van der Waals surface area contributed by atoms with Crippen molar-refractivity contribution in [3.63, 3.8) is 0 Å². The van der Waals surface area contributed by atoms with Crippen molar-refractivity contribution < 1.29 is 19.9 Å². The van der Waals surface area contributed by atoms with Crippen LogP contribution in [0.2, 0.25) is 13.6 Å². The molecule has 0 bridgehead atoms. The number of allylic oxidation sites excluding steroid dienone is 1. The van der Waals surface area contributed by atoms with Crippen LogP contribution < -0.4 is 4.81 Å². The predicted molar refractivity (Wildman–Crippen MR) is 150 cm³/mol. The summed E-state index contributed by atoms with van der Waals surface area (Å²) in [4.78, 5) is 16.5. The van der Waals surface area contributed by atoms with Crippen LogP contribution in [0, 0.1) is 11.3 Å². The molecule has 0 aromatic heterocycles. The molecule has 1 spiro atoms. The Morgan fingerprint density at radius 3 is 2.46 bits per heavy atom. The number of anilines is 1. The maximum atomic E-state index is 12.7. The molecule has 3 unspecified atom stereocenters. The van der Waals surface area contributed by atoms with Crippen molar-refractivity contribution in [3.05, 3.63) is 77.0 Å². The molecule has 188 valence electrons. The molecule has 3 aromatic rings. The van der Waals surface area contributed by atoms with Gasteiger partial charge >= 0.3 is 14.1 Å². The summed E-state index contributed by atoms with van der Waals surface area (Å²) in [6.45, 7) is 4.94. The van der Waals surface area contributed by atoms with Crippen molar-refractivity contribution in [2.45, 2.75) is 26.0 Å². The summed E-state index contributed by atoms with van der Waals surface area (Å²) in [7, 11) is -1.11. The maximum absolute atomic E-state index is 12.7. The van der Waals surface area contributed by atoms with E-state index in [1.54, 1.807) is 13.6 Å². The summed E-state index contributed by atoms with van der Waals surface area (Å²) in [5.74, 6) is 1.43. The van der Waals surface area contributed by atoms with Gasteiger partial charge < -0.3 is 24.8 Å². The zero-order valence-corrected chi connectivity index (χ0v) is 21.7. The Bertz CT molecular complexity index is 1440. The number of hydrogen-bond acceptors (Lipinski definition) is 6. The van der Waals surface area contributed by atoms with Gasteiger partial charge in [0.1, 0.15) is 5.75 Å². The SMILES string of the molecule is CB(O)N1CC(CCl)c2c1cc1ccccc1c2O.CB(O)N1CC2CC23C(=O)c2ccccc2C=C13. The van der Waals surface area contributed by atoms with Gasteiger partial charge in [-0.25, -0.2) is 0 Å². The van der Waals surface area contributed by atoms with E-state index in [0.29, 0.717) is 24.1 Å². The lowest BCUT2D eigenvalue weighted by atomic mass is 9.78. The Morgan fingerprint density at radius 2 is 1.73 bits per heavy atom. The number of aromatic hydroxyl groups is 1. The summed E-state index contributed by atoms with van der Waals surface area (Å²) < 4.78 is 0. The van der Waals surface area contributed by atoms with E-state index < -0.39 is 14.1 Å². The van der Waals surface area contributed by atoms with Crippen molar-refractivity contribution in [1.82, 2.24) is 4.81 Å². The first kappa shape index (κ1) is 24.4.